The van der Waals surface area contributed by atoms with Crippen molar-refractivity contribution in [2.45, 2.75) is 10.7 Å². The Hall–Kier alpha value is -3.88. The van der Waals surface area contributed by atoms with Crippen LogP contribution in [0.3, 0.4) is 0 Å². The van der Waals surface area contributed by atoms with E-state index in [1.54, 1.807) is 47.8 Å². The van der Waals surface area contributed by atoms with Crippen LogP contribution < -0.4 is 9.80 Å². The molecule has 2 fully saturated rings. The first-order valence-electron chi connectivity index (χ1n) is 12.1. The van der Waals surface area contributed by atoms with Gasteiger partial charge in [-0.2, -0.15) is 0 Å². The van der Waals surface area contributed by atoms with Crippen molar-refractivity contribution in [1.82, 2.24) is 0 Å². The van der Waals surface area contributed by atoms with Crippen LogP contribution in [0.1, 0.15) is 21.9 Å². The van der Waals surface area contributed by atoms with E-state index in [2.05, 4.69) is 0 Å². The third-order valence-electron chi connectivity index (χ3n) is 6.72. The number of aromatic hydroxyl groups is 2. The average molecular weight is 541 g/mol. The van der Waals surface area contributed by atoms with Crippen LogP contribution in [0.5, 0.6) is 11.5 Å². The molecule has 2 saturated heterocycles. The number of carbonyl (C=O) groups is 2. The molecule has 6 rings (SSSR count). The fourth-order valence-corrected chi connectivity index (χ4v) is 7.16. The van der Waals surface area contributed by atoms with E-state index < -0.39 is 0 Å². The minimum absolute atomic E-state index is 0.0570. The fraction of sp³-hybridized carbons (Fsp3) is 0.133. The van der Waals surface area contributed by atoms with Crippen LogP contribution in [0.15, 0.2) is 97.1 Å². The van der Waals surface area contributed by atoms with E-state index in [4.69, 9.17) is 0 Å². The SMILES string of the molecule is O=C1CSC(c2ccc(O)cc2)N1c1ccc(-c2ccc(N3C(=O)CSC3c3ccc(O)cc3)cc2)cc1. The molecule has 190 valence electrons. The smallest absolute Gasteiger partial charge is 0.238 e. The van der Waals surface area contributed by atoms with E-state index in [9.17, 15) is 19.8 Å². The van der Waals surface area contributed by atoms with E-state index in [1.165, 1.54) is 0 Å². The molecule has 0 aromatic heterocycles. The number of nitrogens with zero attached hydrogens (tertiary/aromatic N) is 2. The lowest BCUT2D eigenvalue weighted by Crippen LogP contribution is -2.27. The van der Waals surface area contributed by atoms with Gasteiger partial charge in [-0.05, 0) is 70.8 Å². The molecule has 0 aliphatic carbocycles. The Morgan fingerprint density at radius 3 is 1.21 bits per heavy atom. The minimum Gasteiger partial charge on any atom is -0.508 e. The molecule has 38 heavy (non-hydrogen) atoms. The Kier molecular flexibility index (Phi) is 6.51. The average Bonchev–Trinajstić information content (AvgIpc) is 3.52. The molecular weight excluding hydrogens is 516 g/mol. The van der Waals surface area contributed by atoms with Gasteiger partial charge in [0.15, 0.2) is 0 Å². The van der Waals surface area contributed by atoms with E-state index in [-0.39, 0.29) is 34.1 Å². The van der Waals surface area contributed by atoms with Crippen molar-refractivity contribution in [3.8, 4) is 22.6 Å². The summed E-state index contributed by atoms with van der Waals surface area (Å²) in [5.41, 5.74) is 5.62. The molecule has 4 aromatic rings. The van der Waals surface area contributed by atoms with Crippen molar-refractivity contribution in [3.05, 3.63) is 108 Å². The molecule has 0 bridgehead atoms. The lowest BCUT2D eigenvalue weighted by Gasteiger charge is -2.25. The van der Waals surface area contributed by atoms with Crippen LogP contribution in [0.2, 0.25) is 0 Å². The zero-order valence-electron chi connectivity index (χ0n) is 20.2. The van der Waals surface area contributed by atoms with Gasteiger partial charge in [-0.1, -0.05) is 48.5 Å². The Morgan fingerprint density at radius 2 is 0.868 bits per heavy atom. The van der Waals surface area contributed by atoms with E-state index in [1.807, 2.05) is 82.6 Å². The Bertz CT molecular complexity index is 1360. The minimum atomic E-state index is -0.134. The molecule has 4 aromatic carbocycles. The molecule has 0 saturated carbocycles. The van der Waals surface area contributed by atoms with Crippen molar-refractivity contribution in [3.63, 3.8) is 0 Å². The van der Waals surface area contributed by atoms with Crippen LogP contribution in [0.25, 0.3) is 11.1 Å². The largest absolute Gasteiger partial charge is 0.508 e. The zero-order valence-corrected chi connectivity index (χ0v) is 21.9. The number of hydrogen-bond donors (Lipinski definition) is 2. The number of rotatable bonds is 5. The molecule has 6 nitrogen and oxygen atoms in total. The van der Waals surface area contributed by atoms with Gasteiger partial charge in [-0.15, -0.1) is 23.5 Å². The van der Waals surface area contributed by atoms with Crippen LogP contribution >= 0.6 is 23.5 Å². The summed E-state index contributed by atoms with van der Waals surface area (Å²) in [5, 5.41) is 19.0. The third-order valence-corrected chi connectivity index (χ3v) is 9.14. The van der Waals surface area contributed by atoms with Crippen LogP contribution in [0, 0.1) is 0 Å². The fourth-order valence-electron chi connectivity index (χ4n) is 4.81. The van der Waals surface area contributed by atoms with Crippen molar-refractivity contribution in [2.75, 3.05) is 21.3 Å². The number of carbonyl (C=O) groups excluding carboxylic acids is 2. The first-order valence-corrected chi connectivity index (χ1v) is 14.2. The number of phenols is 2. The standard InChI is InChI=1S/C30H24N2O4S2/c33-25-13-5-21(6-14-25)29-31(27(35)17-37-29)23-9-1-19(2-10-23)20-3-11-24(12-4-20)32-28(36)18-38-30(32)22-7-15-26(34)16-8-22/h1-16,29-30,33-34H,17-18H2. The lowest BCUT2D eigenvalue weighted by molar-refractivity contribution is -0.116. The van der Waals surface area contributed by atoms with Crippen molar-refractivity contribution >= 4 is 46.7 Å². The zero-order chi connectivity index (χ0) is 26.2. The summed E-state index contributed by atoms with van der Waals surface area (Å²) in [5.74, 6) is 1.34. The molecule has 0 radical (unpaired) electrons. The molecule has 2 aliphatic heterocycles. The predicted molar refractivity (Wildman–Crippen MR) is 153 cm³/mol. The van der Waals surface area contributed by atoms with Gasteiger partial charge in [0, 0.05) is 11.4 Å². The summed E-state index contributed by atoms with van der Waals surface area (Å²) >= 11 is 3.15. The topological polar surface area (TPSA) is 81.1 Å². The number of thioether (sulfide) groups is 2. The molecule has 2 amide bonds. The van der Waals surface area contributed by atoms with E-state index in [0.29, 0.717) is 11.5 Å². The number of amides is 2. The highest BCUT2D eigenvalue weighted by Gasteiger charge is 2.35. The van der Waals surface area contributed by atoms with Gasteiger partial charge in [0.25, 0.3) is 0 Å². The summed E-state index contributed by atoms with van der Waals surface area (Å²) in [6, 6.07) is 29.8. The maximum absolute atomic E-state index is 12.7. The van der Waals surface area contributed by atoms with Crippen LogP contribution in [-0.4, -0.2) is 33.5 Å². The summed E-state index contributed by atoms with van der Waals surface area (Å²) < 4.78 is 0. The molecule has 0 spiro atoms. The second-order valence-electron chi connectivity index (χ2n) is 9.13. The molecule has 2 unspecified atom stereocenters. The van der Waals surface area contributed by atoms with Gasteiger partial charge in [-0.3, -0.25) is 19.4 Å². The summed E-state index contributed by atoms with van der Waals surface area (Å²) in [6.07, 6.45) is 0. The molecular formula is C30H24N2O4S2. The van der Waals surface area contributed by atoms with Gasteiger partial charge in [0.1, 0.15) is 22.2 Å². The normalized spacial score (nSPS) is 19.4. The number of phenolic OH excluding ortho intramolecular Hbond substituents is 2. The van der Waals surface area contributed by atoms with Gasteiger partial charge < -0.3 is 10.2 Å². The van der Waals surface area contributed by atoms with Crippen LogP contribution in [-0.2, 0) is 9.59 Å². The highest BCUT2D eigenvalue weighted by Crippen LogP contribution is 2.44. The quantitative estimate of drug-likeness (QED) is 0.308. The number of benzene rings is 4. The van der Waals surface area contributed by atoms with Gasteiger partial charge >= 0.3 is 0 Å². The Balaban J connectivity index is 1.22. The highest BCUT2D eigenvalue weighted by molar-refractivity contribution is 8.01. The molecule has 8 heteroatoms. The lowest BCUT2D eigenvalue weighted by atomic mass is 10.0. The van der Waals surface area contributed by atoms with Gasteiger partial charge in [-0.25, -0.2) is 0 Å². The molecule has 2 N–H and O–H groups in total. The van der Waals surface area contributed by atoms with Crippen molar-refractivity contribution in [2.24, 2.45) is 0 Å². The Morgan fingerprint density at radius 1 is 0.526 bits per heavy atom. The maximum atomic E-state index is 12.7. The maximum Gasteiger partial charge on any atom is 0.238 e. The summed E-state index contributed by atoms with van der Waals surface area (Å²) in [7, 11) is 0. The molecule has 2 heterocycles. The van der Waals surface area contributed by atoms with Gasteiger partial charge in [0.2, 0.25) is 11.8 Å². The second-order valence-corrected chi connectivity index (χ2v) is 11.3. The molecule has 2 aliphatic rings. The van der Waals surface area contributed by atoms with Crippen molar-refractivity contribution in [1.29, 1.82) is 0 Å². The Labute approximate surface area is 228 Å². The highest BCUT2D eigenvalue weighted by atomic mass is 32.2. The van der Waals surface area contributed by atoms with E-state index >= 15 is 0 Å². The van der Waals surface area contributed by atoms with Gasteiger partial charge in [0.05, 0.1) is 11.5 Å². The summed E-state index contributed by atoms with van der Waals surface area (Å²) in [6.45, 7) is 0. The third kappa shape index (κ3) is 4.61. The monoisotopic (exact) mass is 540 g/mol. The molecule has 2 atom stereocenters. The number of anilines is 2. The first-order chi connectivity index (χ1) is 18.5. The van der Waals surface area contributed by atoms with E-state index in [0.717, 1.165) is 33.6 Å². The second kappa shape index (κ2) is 10.1. The van der Waals surface area contributed by atoms with Crippen LogP contribution in [0.4, 0.5) is 11.4 Å². The number of hydrogen-bond acceptors (Lipinski definition) is 6. The van der Waals surface area contributed by atoms with Crippen molar-refractivity contribution < 1.29 is 19.8 Å². The summed E-state index contributed by atoms with van der Waals surface area (Å²) in [4.78, 5) is 29.1. The predicted octanol–water partition coefficient (Wildman–Crippen LogP) is 6.32. The first kappa shape index (κ1) is 24.5.